The number of rotatable bonds is 5. The van der Waals surface area contributed by atoms with E-state index in [-0.39, 0.29) is 11.7 Å². The number of aliphatic hydroxyl groups excluding tert-OH is 1. The summed E-state index contributed by atoms with van der Waals surface area (Å²) >= 11 is 1.82. The van der Waals surface area contributed by atoms with Gasteiger partial charge in [0.15, 0.2) is 0 Å². The van der Waals surface area contributed by atoms with Crippen molar-refractivity contribution in [1.29, 1.82) is 0 Å². The fraction of sp³-hybridized carbons (Fsp3) is 0.765. The summed E-state index contributed by atoms with van der Waals surface area (Å²) in [4.78, 5) is 1.44. The molecule has 1 saturated heterocycles. The molecule has 0 bridgehead atoms. The van der Waals surface area contributed by atoms with E-state index < -0.39 is 0 Å². The first-order valence-electron chi connectivity index (χ1n) is 8.12. The van der Waals surface area contributed by atoms with E-state index in [0.29, 0.717) is 5.92 Å². The Hall–Kier alpha value is -0.380. The summed E-state index contributed by atoms with van der Waals surface area (Å²) in [5.74, 6) is 0.463. The second kappa shape index (κ2) is 6.59. The van der Waals surface area contributed by atoms with Crippen LogP contribution in [0.2, 0.25) is 0 Å². The second-order valence-corrected chi connectivity index (χ2v) is 7.56. The molecule has 2 heterocycles. The standard InChI is InChI=1S/C17H26O2S/c18-16(7-3-5-15-6-4-12-20-15)14-8-11-19-17(13-14)9-1-2-10-17/h4,6,12,14,16,18H,1-3,5,7-11,13H2. The normalized spacial score (nSPS) is 26.9. The molecule has 0 aromatic carbocycles. The predicted octanol–water partition coefficient (Wildman–Crippen LogP) is 4.17. The summed E-state index contributed by atoms with van der Waals surface area (Å²) in [6.07, 6.45) is 10.2. The molecule has 2 atom stereocenters. The van der Waals surface area contributed by atoms with Crippen LogP contribution in [0.4, 0.5) is 0 Å². The molecular formula is C17H26O2S. The molecule has 3 heteroatoms. The second-order valence-electron chi connectivity index (χ2n) is 6.53. The summed E-state index contributed by atoms with van der Waals surface area (Å²) in [7, 11) is 0. The summed E-state index contributed by atoms with van der Waals surface area (Å²) in [5, 5.41) is 12.6. The van der Waals surface area contributed by atoms with Gasteiger partial charge in [-0.25, -0.2) is 0 Å². The van der Waals surface area contributed by atoms with E-state index in [1.807, 2.05) is 11.3 Å². The summed E-state index contributed by atoms with van der Waals surface area (Å²) in [5.41, 5.74) is 0.137. The molecule has 112 valence electrons. The minimum absolute atomic E-state index is 0.128. The van der Waals surface area contributed by atoms with E-state index in [1.54, 1.807) is 0 Å². The molecule has 2 nitrogen and oxygen atoms in total. The smallest absolute Gasteiger partial charge is 0.0686 e. The third kappa shape index (κ3) is 3.44. The van der Waals surface area contributed by atoms with E-state index in [4.69, 9.17) is 4.74 Å². The van der Waals surface area contributed by atoms with Gasteiger partial charge in [0.25, 0.3) is 0 Å². The van der Waals surface area contributed by atoms with Gasteiger partial charge in [0, 0.05) is 11.5 Å². The quantitative estimate of drug-likeness (QED) is 0.883. The molecular weight excluding hydrogens is 268 g/mol. The summed E-state index contributed by atoms with van der Waals surface area (Å²) in [6.45, 7) is 0.854. The van der Waals surface area contributed by atoms with Gasteiger partial charge >= 0.3 is 0 Å². The number of hydrogen-bond donors (Lipinski definition) is 1. The maximum absolute atomic E-state index is 10.5. The van der Waals surface area contributed by atoms with Crippen molar-refractivity contribution in [2.24, 2.45) is 5.92 Å². The highest BCUT2D eigenvalue weighted by atomic mass is 32.1. The number of thiophene rings is 1. The highest BCUT2D eigenvalue weighted by Crippen LogP contribution is 2.43. The van der Waals surface area contributed by atoms with Crippen molar-refractivity contribution in [3.63, 3.8) is 0 Å². The Morgan fingerprint density at radius 3 is 3.00 bits per heavy atom. The Balaban J connectivity index is 1.45. The molecule has 1 aliphatic carbocycles. The first kappa shape index (κ1) is 14.6. The van der Waals surface area contributed by atoms with Crippen LogP contribution in [0.15, 0.2) is 17.5 Å². The molecule has 0 radical (unpaired) electrons. The Morgan fingerprint density at radius 2 is 2.25 bits per heavy atom. The molecule has 1 spiro atoms. The van der Waals surface area contributed by atoms with Gasteiger partial charge < -0.3 is 9.84 Å². The Morgan fingerprint density at radius 1 is 1.40 bits per heavy atom. The zero-order valence-electron chi connectivity index (χ0n) is 12.2. The van der Waals surface area contributed by atoms with E-state index in [9.17, 15) is 5.11 Å². The van der Waals surface area contributed by atoms with Crippen LogP contribution in [-0.4, -0.2) is 23.4 Å². The zero-order chi connectivity index (χ0) is 13.8. The van der Waals surface area contributed by atoms with Crippen molar-refractivity contribution in [2.45, 2.75) is 69.5 Å². The van der Waals surface area contributed by atoms with Gasteiger partial charge in [0.2, 0.25) is 0 Å². The van der Waals surface area contributed by atoms with Gasteiger partial charge in [0.1, 0.15) is 0 Å². The zero-order valence-corrected chi connectivity index (χ0v) is 13.0. The molecule has 0 amide bonds. The van der Waals surface area contributed by atoms with Crippen LogP contribution in [0.3, 0.4) is 0 Å². The molecule has 2 unspecified atom stereocenters. The van der Waals surface area contributed by atoms with Crippen LogP contribution in [0.5, 0.6) is 0 Å². The van der Waals surface area contributed by atoms with Crippen molar-refractivity contribution >= 4 is 11.3 Å². The van der Waals surface area contributed by atoms with Crippen LogP contribution in [0.1, 0.15) is 56.2 Å². The van der Waals surface area contributed by atoms with E-state index >= 15 is 0 Å². The molecule has 20 heavy (non-hydrogen) atoms. The molecule has 1 N–H and O–H groups in total. The summed E-state index contributed by atoms with van der Waals surface area (Å²) in [6, 6.07) is 4.30. The van der Waals surface area contributed by atoms with Gasteiger partial charge in [-0.3, -0.25) is 0 Å². The SMILES string of the molecule is OC(CCCc1cccs1)C1CCOC2(CCCC2)C1. The van der Waals surface area contributed by atoms with Gasteiger partial charge in [0.05, 0.1) is 11.7 Å². The van der Waals surface area contributed by atoms with Crippen molar-refractivity contribution < 1.29 is 9.84 Å². The molecule has 1 aromatic heterocycles. The number of ether oxygens (including phenoxy) is 1. The largest absolute Gasteiger partial charge is 0.393 e. The maximum atomic E-state index is 10.5. The van der Waals surface area contributed by atoms with Crippen molar-refractivity contribution in [1.82, 2.24) is 0 Å². The fourth-order valence-corrected chi connectivity index (χ4v) is 4.69. The molecule has 2 aliphatic rings. The highest BCUT2D eigenvalue weighted by Gasteiger charge is 2.41. The van der Waals surface area contributed by atoms with Crippen molar-refractivity contribution in [3.05, 3.63) is 22.4 Å². The molecule has 1 aliphatic heterocycles. The molecule has 1 saturated carbocycles. The van der Waals surface area contributed by atoms with Gasteiger partial charge in [-0.15, -0.1) is 11.3 Å². The van der Waals surface area contributed by atoms with Gasteiger partial charge in [-0.1, -0.05) is 18.9 Å². The van der Waals surface area contributed by atoms with Crippen LogP contribution < -0.4 is 0 Å². The topological polar surface area (TPSA) is 29.5 Å². The third-order valence-electron chi connectivity index (χ3n) is 5.09. The maximum Gasteiger partial charge on any atom is 0.0686 e. The van der Waals surface area contributed by atoms with Gasteiger partial charge in [-0.05, 0) is 62.3 Å². The lowest BCUT2D eigenvalue weighted by molar-refractivity contribution is -0.113. The van der Waals surface area contributed by atoms with E-state index in [2.05, 4.69) is 17.5 Å². The molecule has 1 aromatic rings. The first-order valence-corrected chi connectivity index (χ1v) is 9.00. The summed E-state index contributed by atoms with van der Waals surface area (Å²) < 4.78 is 6.06. The van der Waals surface area contributed by atoms with Crippen LogP contribution >= 0.6 is 11.3 Å². The van der Waals surface area contributed by atoms with Gasteiger partial charge in [-0.2, -0.15) is 0 Å². The Kier molecular flexibility index (Phi) is 4.79. The lowest BCUT2D eigenvalue weighted by Crippen LogP contribution is -2.41. The molecule has 3 rings (SSSR count). The van der Waals surface area contributed by atoms with Crippen molar-refractivity contribution in [2.75, 3.05) is 6.61 Å². The fourth-order valence-electron chi connectivity index (χ4n) is 3.94. The van der Waals surface area contributed by atoms with E-state index in [1.165, 1.54) is 30.6 Å². The minimum atomic E-state index is -0.128. The van der Waals surface area contributed by atoms with Crippen molar-refractivity contribution in [3.8, 4) is 0 Å². The minimum Gasteiger partial charge on any atom is -0.393 e. The Labute approximate surface area is 126 Å². The highest BCUT2D eigenvalue weighted by molar-refractivity contribution is 7.09. The average Bonchev–Trinajstić information content (AvgIpc) is 3.11. The lowest BCUT2D eigenvalue weighted by atomic mass is 9.80. The number of aryl methyl sites for hydroxylation is 1. The number of hydrogen-bond acceptors (Lipinski definition) is 3. The lowest BCUT2D eigenvalue weighted by Gasteiger charge is -2.40. The Bertz CT molecular complexity index is 395. The van der Waals surface area contributed by atoms with Crippen LogP contribution in [-0.2, 0) is 11.2 Å². The monoisotopic (exact) mass is 294 g/mol. The van der Waals surface area contributed by atoms with Crippen LogP contribution in [0.25, 0.3) is 0 Å². The van der Waals surface area contributed by atoms with Crippen LogP contribution in [0, 0.1) is 5.92 Å². The number of aliphatic hydroxyl groups is 1. The van der Waals surface area contributed by atoms with E-state index in [0.717, 1.165) is 38.7 Å². The third-order valence-corrected chi connectivity index (χ3v) is 6.03. The average molecular weight is 294 g/mol. The predicted molar refractivity (Wildman–Crippen MR) is 83.1 cm³/mol. The molecule has 2 fully saturated rings. The first-order chi connectivity index (χ1) is 9.77.